The van der Waals surface area contributed by atoms with E-state index in [0.29, 0.717) is 24.3 Å². The highest BCUT2D eigenvalue weighted by Gasteiger charge is 2.22. The van der Waals surface area contributed by atoms with E-state index in [9.17, 15) is 9.59 Å². The molecule has 2 rings (SSSR count). The summed E-state index contributed by atoms with van der Waals surface area (Å²) in [5.41, 5.74) is 5.72. The lowest BCUT2D eigenvalue weighted by Crippen LogP contribution is -2.27. The Balaban J connectivity index is 2.05. The number of hydrazone groups is 1. The van der Waals surface area contributed by atoms with Gasteiger partial charge in [-0.25, -0.2) is 5.43 Å². The quantitative estimate of drug-likeness (QED) is 0.427. The lowest BCUT2D eigenvalue weighted by atomic mass is 9.99. The van der Waals surface area contributed by atoms with Crippen LogP contribution in [0, 0.1) is 5.92 Å². The third-order valence-corrected chi connectivity index (χ3v) is 4.24. The zero-order valence-corrected chi connectivity index (χ0v) is 16.1. The Morgan fingerprint density at radius 3 is 2.22 bits per heavy atom. The van der Waals surface area contributed by atoms with Gasteiger partial charge in [-0.3, -0.25) is 9.59 Å². The Hall–Kier alpha value is -2.95. The van der Waals surface area contributed by atoms with Crippen molar-refractivity contribution < 1.29 is 14.3 Å². The molecule has 1 amide bonds. The van der Waals surface area contributed by atoms with Crippen LogP contribution in [0.2, 0.25) is 0 Å². The third-order valence-electron chi connectivity index (χ3n) is 4.24. The molecule has 1 N–H and O–H groups in total. The number of benzene rings is 2. The number of rotatable bonds is 8. The van der Waals surface area contributed by atoms with Gasteiger partial charge in [0.05, 0.1) is 12.5 Å². The minimum atomic E-state index is -0.435. The van der Waals surface area contributed by atoms with Crippen LogP contribution in [0.25, 0.3) is 11.1 Å². The summed E-state index contributed by atoms with van der Waals surface area (Å²) in [5, 5.41) is 4.12. The number of amides is 1. The van der Waals surface area contributed by atoms with E-state index < -0.39 is 5.92 Å². The van der Waals surface area contributed by atoms with Gasteiger partial charge in [0, 0.05) is 11.3 Å². The Morgan fingerprint density at radius 1 is 1.00 bits per heavy atom. The maximum atomic E-state index is 12.3. The Kier molecular flexibility index (Phi) is 7.74. The van der Waals surface area contributed by atoms with E-state index in [4.69, 9.17) is 4.74 Å². The summed E-state index contributed by atoms with van der Waals surface area (Å²) in [5.74, 6) is -1.05. The van der Waals surface area contributed by atoms with Crippen molar-refractivity contribution in [3.8, 4) is 11.1 Å². The van der Waals surface area contributed by atoms with Gasteiger partial charge in [-0.05, 0) is 43.5 Å². The van der Waals surface area contributed by atoms with Gasteiger partial charge in [0.25, 0.3) is 5.91 Å². The molecule has 5 nitrogen and oxygen atoms in total. The van der Waals surface area contributed by atoms with E-state index in [1.54, 1.807) is 26.0 Å². The molecule has 142 valence electrons. The minimum Gasteiger partial charge on any atom is -0.465 e. The molecule has 0 unspecified atom stereocenters. The molecule has 0 saturated carbocycles. The Bertz CT molecular complexity index is 783. The molecule has 0 heterocycles. The van der Waals surface area contributed by atoms with Crippen LogP contribution in [-0.4, -0.2) is 24.2 Å². The summed E-state index contributed by atoms with van der Waals surface area (Å²) in [6.45, 7) is 5.82. The fraction of sp³-hybridized carbons (Fsp3) is 0.318. The highest BCUT2D eigenvalue weighted by atomic mass is 16.5. The number of nitrogens with one attached hydrogen (secondary N) is 1. The molecule has 0 aromatic heterocycles. The first kappa shape index (κ1) is 20.4. The van der Waals surface area contributed by atoms with E-state index in [-0.39, 0.29) is 11.9 Å². The predicted molar refractivity (Wildman–Crippen MR) is 107 cm³/mol. The van der Waals surface area contributed by atoms with Crippen LogP contribution in [0.1, 0.15) is 44.0 Å². The smallest absolute Gasteiger partial charge is 0.314 e. The molecule has 2 aromatic carbocycles. The number of hydrogen-bond donors (Lipinski definition) is 1. The number of nitrogens with zero attached hydrogens (tertiary/aromatic N) is 1. The summed E-state index contributed by atoms with van der Waals surface area (Å²) in [4.78, 5) is 24.4. The average Bonchev–Trinajstić information content (AvgIpc) is 2.71. The average molecular weight is 366 g/mol. The van der Waals surface area contributed by atoms with E-state index in [0.717, 1.165) is 17.5 Å². The first-order valence-electron chi connectivity index (χ1n) is 9.23. The van der Waals surface area contributed by atoms with Gasteiger partial charge < -0.3 is 4.74 Å². The fourth-order valence-electron chi connectivity index (χ4n) is 2.75. The molecule has 0 aliphatic rings. The van der Waals surface area contributed by atoms with Gasteiger partial charge in [-0.15, -0.1) is 0 Å². The number of ether oxygens (including phenoxy) is 1. The van der Waals surface area contributed by atoms with E-state index in [1.165, 1.54) is 0 Å². The van der Waals surface area contributed by atoms with Gasteiger partial charge in [0.15, 0.2) is 0 Å². The number of hydrogen-bond acceptors (Lipinski definition) is 4. The van der Waals surface area contributed by atoms with Crippen molar-refractivity contribution in [1.29, 1.82) is 0 Å². The molecular weight excluding hydrogens is 340 g/mol. The van der Waals surface area contributed by atoms with Crippen molar-refractivity contribution in [2.45, 2.75) is 33.6 Å². The second-order valence-electron chi connectivity index (χ2n) is 6.23. The third kappa shape index (κ3) is 5.78. The highest BCUT2D eigenvalue weighted by Crippen LogP contribution is 2.19. The molecule has 2 aromatic rings. The number of carbonyl (C=O) groups is 2. The molecule has 0 aliphatic carbocycles. The largest absolute Gasteiger partial charge is 0.465 e. The fourth-order valence-corrected chi connectivity index (χ4v) is 2.75. The van der Waals surface area contributed by atoms with Crippen LogP contribution in [0.15, 0.2) is 59.7 Å². The van der Waals surface area contributed by atoms with Crippen LogP contribution in [0.4, 0.5) is 0 Å². The van der Waals surface area contributed by atoms with Crippen LogP contribution in [0.3, 0.4) is 0 Å². The summed E-state index contributed by atoms with van der Waals surface area (Å²) in [7, 11) is 0. The van der Waals surface area contributed by atoms with E-state index in [2.05, 4.69) is 10.5 Å². The van der Waals surface area contributed by atoms with E-state index >= 15 is 0 Å². The summed E-state index contributed by atoms with van der Waals surface area (Å²) < 4.78 is 5.09. The van der Waals surface area contributed by atoms with Crippen LogP contribution in [-0.2, 0) is 9.53 Å². The normalized spacial score (nSPS) is 12.3. The van der Waals surface area contributed by atoms with Crippen LogP contribution < -0.4 is 5.43 Å². The van der Waals surface area contributed by atoms with Crippen molar-refractivity contribution in [3.05, 3.63) is 60.2 Å². The molecule has 27 heavy (non-hydrogen) atoms. The molecule has 0 spiro atoms. The molecule has 0 saturated heterocycles. The maximum Gasteiger partial charge on any atom is 0.314 e. The molecule has 0 bridgehead atoms. The van der Waals surface area contributed by atoms with E-state index in [1.807, 2.05) is 49.4 Å². The second kappa shape index (κ2) is 10.3. The highest BCUT2D eigenvalue weighted by molar-refractivity contribution is 6.02. The molecule has 5 heteroatoms. The van der Waals surface area contributed by atoms with Crippen LogP contribution in [0.5, 0.6) is 0 Å². The first-order chi connectivity index (χ1) is 13.1. The summed E-state index contributed by atoms with van der Waals surface area (Å²) >= 11 is 0. The molecule has 0 aliphatic heterocycles. The van der Waals surface area contributed by atoms with Gasteiger partial charge in [-0.1, -0.05) is 55.8 Å². The Morgan fingerprint density at radius 2 is 1.63 bits per heavy atom. The van der Waals surface area contributed by atoms with Gasteiger partial charge >= 0.3 is 5.97 Å². The van der Waals surface area contributed by atoms with Gasteiger partial charge in [0.2, 0.25) is 0 Å². The maximum absolute atomic E-state index is 12.3. The predicted octanol–water partition coefficient (Wildman–Crippen LogP) is 4.44. The van der Waals surface area contributed by atoms with Crippen molar-refractivity contribution in [2.75, 3.05) is 6.61 Å². The number of esters is 1. The minimum absolute atomic E-state index is 0.304. The SMILES string of the molecule is CCC[C@H](C(=O)OCC)C(C)=NNC(=O)c1ccc(-c2ccccc2)cc1. The zero-order chi connectivity index (χ0) is 19.6. The monoisotopic (exact) mass is 366 g/mol. The second-order valence-corrected chi connectivity index (χ2v) is 6.23. The summed E-state index contributed by atoms with van der Waals surface area (Å²) in [6, 6.07) is 17.3. The van der Waals surface area contributed by atoms with Gasteiger partial charge in [0.1, 0.15) is 0 Å². The molecule has 1 atom stereocenters. The topological polar surface area (TPSA) is 67.8 Å². The number of carbonyl (C=O) groups excluding carboxylic acids is 2. The van der Waals surface area contributed by atoms with Crippen LogP contribution >= 0.6 is 0 Å². The standard InChI is InChI=1S/C22H26N2O3/c1-4-9-20(22(26)27-5-2)16(3)23-24-21(25)19-14-12-18(13-15-19)17-10-7-6-8-11-17/h6-8,10-15,20H,4-5,9H2,1-3H3,(H,24,25)/t20-/m0/s1. The molecule has 0 radical (unpaired) electrons. The van der Waals surface area contributed by atoms with Crippen molar-refractivity contribution in [1.82, 2.24) is 5.43 Å². The summed E-state index contributed by atoms with van der Waals surface area (Å²) in [6.07, 6.45) is 1.46. The molecule has 0 fully saturated rings. The van der Waals surface area contributed by atoms with Crippen molar-refractivity contribution >= 4 is 17.6 Å². The Labute approximate surface area is 160 Å². The lowest BCUT2D eigenvalue weighted by molar-refractivity contribution is -0.145. The molecular formula is C22H26N2O3. The first-order valence-corrected chi connectivity index (χ1v) is 9.23. The van der Waals surface area contributed by atoms with Crippen molar-refractivity contribution in [3.63, 3.8) is 0 Å². The lowest BCUT2D eigenvalue weighted by Gasteiger charge is -2.14. The van der Waals surface area contributed by atoms with Gasteiger partial charge in [-0.2, -0.15) is 5.10 Å². The zero-order valence-electron chi connectivity index (χ0n) is 16.1. The van der Waals surface area contributed by atoms with Crippen molar-refractivity contribution in [2.24, 2.45) is 11.0 Å².